The summed E-state index contributed by atoms with van der Waals surface area (Å²) in [6.45, 7) is 4.28. The molecule has 3 heteroatoms. The summed E-state index contributed by atoms with van der Waals surface area (Å²) in [6, 6.07) is 12.5. The SMILES string of the molecule is Cc1cc(C)cc(CSCc2ccc(Cl)c(N)c2)c1. The highest BCUT2D eigenvalue weighted by Gasteiger charge is 2.00. The van der Waals surface area contributed by atoms with Gasteiger partial charge in [-0.05, 0) is 37.1 Å². The van der Waals surface area contributed by atoms with Crippen molar-refractivity contribution in [1.82, 2.24) is 0 Å². The number of nitrogens with two attached hydrogens (primary N) is 1. The van der Waals surface area contributed by atoms with Crippen molar-refractivity contribution in [3.63, 3.8) is 0 Å². The topological polar surface area (TPSA) is 26.0 Å². The molecule has 0 unspecified atom stereocenters. The molecule has 0 aromatic heterocycles. The van der Waals surface area contributed by atoms with E-state index in [1.54, 1.807) is 0 Å². The molecule has 0 aliphatic heterocycles. The molecule has 2 aromatic rings. The van der Waals surface area contributed by atoms with Crippen LogP contribution < -0.4 is 5.73 Å². The molecular weight excluding hydrogens is 274 g/mol. The van der Waals surface area contributed by atoms with E-state index in [4.69, 9.17) is 17.3 Å². The summed E-state index contributed by atoms with van der Waals surface area (Å²) in [5, 5.41) is 0.628. The Hall–Kier alpha value is -1.12. The third-order valence-electron chi connectivity index (χ3n) is 2.88. The second-order valence-electron chi connectivity index (χ2n) is 4.84. The van der Waals surface area contributed by atoms with Gasteiger partial charge in [-0.15, -0.1) is 0 Å². The number of anilines is 1. The summed E-state index contributed by atoms with van der Waals surface area (Å²) >= 11 is 7.81. The number of hydrogen-bond donors (Lipinski definition) is 1. The van der Waals surface area contributed by atoms with E-state index >= 15 is 0 Å². The van der Waals surface area contributed by atoms with Crippen LogP contribution in [0.4, 0.5) is 5.69 Å². The standard InChI is InChI=1S/C16H18ClNS/c1-11-5-12(2)7-14(6-11)10-19-9-13-3-4-15(17)16(18)8-13/h3-8H,9-10,18H2,1-2H3. The lowest BCUT2D eigenvalue weighted by molar-refractivity contribution is 1.29. The van der Waals surface area contributed by atoms with Gasteiger partial charge in [0.25, 0.3) is 0 Å². The van der Waals surface area contributed by atoms with Gasteiger partial charge in [0, 0.05) is 11.5 Å². The maximum Gasteiger partial charge on any atom is 0.0635 e. The van der Waals surface area contributed by atoms with Crippen molar-refractivity contribution in [1.29, 1.82) is 0 Å². The van der Waals surface area contributed by atoms with Crippen LogP contribution in [0.15, 0.2) is 36.4 Å². The Kier molecular flexibility index (Phi) is 4.78. The lowest BCUT2D eigenvalue weighted by atomic mass is 10.1. The molecule has 1 nitrogen and oxygen atoms in total. The van der Waals surface area contributed by atoms with E-state index in [1.165, 1.54) is 22.3 Å². The molecule has 0 spiro atoms. The van der Waals surface area contributed by atoms with Gasteiger partial charge in [0.05, 0.1) is 10.7 Å². The van der Waals surface area contributed by atoms with Crippen molar-refractivity contribution in [2.45, 2.75) is 25.4 Å². The number of aryl methyl sites for hydroxylation is 2. The number of rotatable bonds is 4. The van der Waals surface area contributed by atoms with Crippen LogP contribution in [0, 0.1) is 13.8 Å². The van der Waals surface area contributed by atoms with Gasteiger partial charge < -0.3 is 5.73 Å². The van der Waals surface area contributed by atoms with E-state index in [9.17, 15) is 0 Å². The average molecular weight is 292 g/mol. The zero-order valence-electron chi connectivity index (χ0n) is 11.2. The van der Waals surface area contributed by atoms with Crippen molar-refractivity contribution in [2.24, 2.45) is 0 Å². The second-order valence-corrected chi connectivity index (χ2v) is 6.24. The van der Waals surface area contributed by atoms with Crippen molar-refractivity contribution >= 4 is 29.1 Å². The van der Waals surface area contributed by atoms with E-state index in [-0.39, 0.29) is 0 Å². The molecule has 2 rings (SSSR count). The molecule has 0 aliphatic rings. The minimum absolute atomic E-state index is 0.628. The van der Waals surface area contributed by atoms with Gasteiger partial charge >= 0.3 is 0 Å². The van der Waals surface area contributed by atoms with E-state index in [0.717, 1.165) is 11.5 Å². The number of nitrogen functional groups attached to an aromatic ring is 1. The minimum atomic E-state index is 0.628. The van der Waals surface area contributed by atoms with E-state index in [2.05, 4.69) is 32.0 Å². The minimum Gasteiger partial charge on any atom is -0.398 e. The van der Waals surface area contributed by atoms with Gasteiger partial charge in [0.15, 0.2) is 0 Å². The fourth-order valence-electron chi connectivity index (χ4n) is 2.12. The van der Waals surface area contributed by atoms with Crippen molar-refractivity contribution in [2.75, 3.05) is 5.73 Å². The van der Waals surface area contributed by atoms with E-state index in [0.29, 0.717) is 10.7 Å². The van der Waals surface area contributed by atoms with Crippen LogP contribution in [0.3, 0.4) is 0 Å². The summed E-state index contributed by atoms with van der Waals surface area (Å²) < 4.78 is 0. The Morgan fingerprint density at radius 1 is 0.947 bits per heavy atom. The Labute approximate surface area is 124 Å². The fourth-order valence-corrected chi connectivity index (χ4v) is 3.16. The van der Waals surface area contributed by atoms with Gasteiger partial charge in [0.2, 0.25) is 0 Å². The van der Waals surface area contributed by atoms with Crippen LogP contribution in [0.2, 0.25) is 5.02 Å². The third kappa shape index (κ3) is 4.19. The summed E-state index contributed by atoms with van der Waals surface area (Å²) in [6.07, 6.45) is 0. The first-order chi connectivity index (χ1) is 9.04. The van der Waals surface area contributed by atoms with Gasteiger partial charge in [-0.2, -0.15) is 11.8 Å². The molecule has 19 heavy (non-hydrogen) atoms. The number of thioether (sulfide) groups is 1. The van der Waals surface area contributed by atoms with Gasteiger partial charge in [-0.1, -0.05) is 47.0 Å². The third-order valence-corrected chi connectivity index (χ3v) is 4.30. The summed E-state index contributed by atoms with van der Waals surface area (Å²) in [7, 11) is 0. The van der Waals surface area contributed by atoms with Crippen molar-refractivity contribution in [3.8, 4) is 0 Å². The predicted molar refractivity (Wildman–Crippen MR) is 86.8 cm³/mol. The van der Waals surface area contributed by atoms with Crippen LogP contribution in [0.5, 0.6) is 0 Å². The maximum atomic E-state index is 5.91. The normalized spacial score (nSPS) is 10.7. The molecule has 0 fully saturated rings. The van der Waals surface area contributed by atoms with Gasteiger partial charge in [-0.3, -0.25) is 0 Å². The van der Waals surface area contributed by atoms with E-state index in [1.807, 2.05) is 30.0 Å². The Balaban J connectivity index is 1.94. The number of benzene rings is 2. The molecule has 0 saturated heterocycles. The lowest BCUT2D eigenvalue weighted by Gasteiger charge is -2.06. The zero-order chi connectivity index (χ0) is 13.8. The van der Waals surface area contributed by atoms with Crippen LogP contribution in [-0.2, 0) is 11.5 Å². The lowest BCUT2D eigenvalue weighted by Crippen LogP contribution is -1.90. The van der Waals surface area contributed by atoms with Gasteiger partial charge in [-0.25, -0.2) is 0 Å². The van der Waals surface area contributed by atoms with E-state index < -0.39 is 0 Å². The zero-order valence-corrected chi connectivity index (χ0v) is 12.8. The first kappa shape index (κ1) is 14.3. The molecule has 100 valence electrons. The molecule has 2 N–H and O–H groups in total. The van der Waals surface area contributed by atoms with Crippen LogP contribution >= 0.6 is 23.4 Å². The molecule has 0 heterocycles. The predicted octanol–water partition coefficient (Wildman–Crippen LogP) is 4.97. The smallest absolute Gasteiger partial charge is 0.0635 e. The van der Waals surface area contributed by atoms with Gasteiger partial charge in [0.1, 0.15) is 0 Å². The number of halogens is 1. The Morgan fingerprint density at radius 3 is 2.21 bits per heavy atom. The molecule has 2 aromatic carbocycles. The highest BCUT2D eigenvalue weighted by Crippen LogP contribution is 2.24. The quantitative estimate of drug-likeness (QED) is 0.805. The highest BCUT2D eigenvalue weighted by molar-refractivity contribution is 7.97. The molecule has 0 amide bonds. The van der Waals surface area contributed by atoms with Crippen LogP contribution in [0.25, 0.3) is 0 Å². The largest absolute Gasteiger partial charge is 0.398 e. The molecule has 0 aliphatic carbocycles. The maximum absolute atomic E-state index is 5.91. The highest BCUT2D eigenvalue weighted by atomic mass is 35.5. The molecular formula is C16H18ClNS. The summed E-state index contributed by atoms with van der Waals surface area (Å²) in [5.41, 5.74) is 11.7. The fraction of sp³-hybridized carbons (Fsp3) is 0.250. The molecule has 0 atom stereocenters. The van der Waals surface area contributed by atoms with Crippen LogP contribution in [-0.4, -0.2) is 0 Å². The first-order valence-electron chi connectivity index (χ1n) is 6.23. The average Bonchev–Trinajstić information content (AvgIpc) is 2.32. The first-order valence-corrected chi connectivity index (χ1v) is 7.76. The second kappa shape index (κ2) is 6.36. The summed E-state index contributed by atoms with van der Waals surface area (Å²) in [4.78, 5) is 0. The summed E-state index contributed by atoms with van der Waals surface area (Å²) in [5.74, 6) is 1.97. The molecule has 0 saturated carbocycles. The molecule has 0 radical (unpaired) electrons. The number of hydrogen-bond acceptors (Lipinski definition) is 2. The monoisotopic (exact) mass is 291 g/mol. The van der Waals surface area contributed by atoms with Crippen LogP contribution in [0.1, 0.15) is 22.3 Å². The van der Waals surface area contributed by atoms with Crippen molar-refractivity contribution < 1.29 is 0 Å². The Morgan fingerprint density at radius 2 is 1.58 bits per heavy atom. The Bertz CT molecular complexity index is 561. The van der Waals surface area contributed by atoms with Crippen molar-refractivity contribution in [3.05, 3.63) is 63.7 Å². The molecule has 0 bridgehead atoms.